The second-order valence-corrected chi connectivity index (χ2v) is 6.28. The molecule has 0 amide bonds. The fourth-order valence-corrected chi connectivity index (χ4v) is 2.88. The molecule has 0 saturated carbocycles. The molecule has 1 unspecified atom stereocenters. The maximum absolute atomic E-state index is 11.2. The molecule has 1 aromatic rings. The highest BCUT2D eigenvalue weighted by atomic mass is 35.5. The lowest BCUT2D eigenvalue weighted by atomic mass is 10.1. The van der Waals surface area contributed by atoms with Crippen molar-refractivity contribution in [3.05, 3.63) is 38.9 Å². The number of nitrogens with zero attached hydrogens (tertiary/aromatic N) is 2. The van der Waals surface area contributed by atoms with E-state index in [0.717, 1.165) is 18.7 Å². The van der Waals surface area contributed by atoms with E-state index >= 15 is 0 Å². The number of halogens is 1. The second kappa shape index (κ2) is 7.20. The third kappa shape index (κ3) is 4.40. The number of hydrogen-bond acceptors (Lipinski definition) is 4. The standard InChI is InChI=1S/C15H22ClN3O2/c1-11(2)18(10-14-4-3-7-17-14)9-12-5-6-13(16)8-15(12)19(20)21/h5-6,8,11,14,17H,3-4,7,9-10H2,1-2H3. The first-order valence-electron chi connectivity index (χ1n) is 7.37. The van der Waals surface area contributed by atoms with Crippen LogP contribution in [-0.4, -0.2) is 35.0 Å². The molecule has 0 bridgehead atoms. The smallest absolute Gasteiger partial charge is 0.275 e. The van der Waals surface area contributed by atoms with Gasteiger partial charge in [0.25, 0.3) is 5.69 Å². The lowest BCUT2D eigenvalue weighted by Crippen LogP contribution is -2.40. The van der Waals surface area contributed by atoms with Crippen LogP contribution in [0.25, 0.3) is 0 Å². The third-order valence-corrected chi connectivity index (χ3v) is 4.20. The molecular weight excluding hydrogens is 290 g/mol. The summed E-state index contributed by atoms with van der Waals surface area (Å²) in [6.07, 6.45) is 2.38. The van der Waals surface area contributed by atoms with Crippen molar-refractivity contribution in [3.8, 4) is 0 Å². The summed E-state index contributed by atoms with van der Waals surface area (Å²) < 4.78 is 0. The maximum Gasteiger partial charge on any atom is 0.275 e. The number of hydrogen-bond donors (Lipinski definition) is 1. The van der Waals surface area contributed by atoms with Crippen molar-refractivity contribution in [1.82, 2.24) is 10.2 Å². The predicted octanol–water partition coefficient (Wildman–Crippen LogP) is 3.21. The molecule has 2 rings (SSSR count). The van der Waals surface area contributed by atoms with Gasteiger partial charge in [0, 0.05) is 41.8 Å². The molecule has 1 aliphatic heterocycles. The fourth-order valence-electron chi connectivity index (χ4n) is 2.71. The van der Waals surface area contributed by atoms with Gasteiger partial charge in [0.05, 0.1) is 4.92 Å². The predicted molar refractivity (Wildman–Crippen MR) is 84.7 cm³/mol. The lowest BCUT2D eigenvalue weighted by molar-refractivity contribution is -0.385. The quantitative estimate of drug-likeness (QED) is 0.647. The van der Waals surface area contributed by atoms with Gasteiger partial charge in [-0.3, -0.25) is 15.0 Å². The van der Waals surface area contributed by atoms with Gasteiger partial charge in [0.1, 0.15) is 0 Å². The fraction of sp³-hybridized carbons (Fsp3) is 0.600. The summed E-state index contributed by atoms with van der Waals surface area (Å²) in [4.78, 5) is 13.1. The van der Waals surface area contributed by atoms with Crippen LogP contribution in [0.4, 0.5) is 5.69 Å². The molecule has 1 fully saturated rings. The van der Waals surface area contributed by atoms with Crippen LogP contribution in [0.5, 0.6) is 0 Å². The Morgan fingerprint density at radius 1 is 1.52 bits per heavy atom. The molecule has 1 atom stereocenters. The van der Waals surface area contributed by atoms with Crippen LogP contribution in [0.2, 0.25) is 5.02 Å². The summed E-state index contributed by atoms with van der Waals surface area (Å²) in [5.74, 6) is 0. The Bertz CT molecular complexity index is 502. The summed E-state index contributed by atoms with van der Waals surface area (Å²) in [5, 5.41) is 15.1. The van der Waals surface area contributed by atoms with Crippen molar-refractivity contribution in [2.24, 2.45) is 0 Å². The average Bonchev–Trinajstić information content (AvgIpc) is 2.92. The summed E-state index contributed by atoms with van der Waals surface area (Å²) in [6, 6.07) is 5.73. The Morgan fingerprint density at radius 2 is 2.29 bits per heavy atom. The van der Waals surface area contributed by atoms with E-state index in [0.29, 0.717) is 23.7 Å². The second-order valence-electron chi connectivity index (χ2n) is 5.85. The topological polar surface area (TPSA) is 58.4 Å². The van der Waals surface area contributed by atoms with Gasteiger partial charge >= 0.3 is 0 Å². The molecule has 0 aromatic heterocycles. The molecule has 6 heteroatoms. The van der Waals surface area contributed by atoms with Crippen LogP contribution in [0.15, 0.2) is 18.2 Å². The third-order valence-electron chi connectivity index (χ3n) is 3.97. The van der Waals surface area contributed by atoms with Gasteiger partial charge in [-0.1, -0.05) is 11.6 Å². The zero-order valence-electron chi connectivity index (χ0n) is 12.5. The van der Waals surface area contributed by atoms with Gasteiger partial charge < -0.3 is 5.32 Å². The zero-order valence-corrected chi connectivity index (χ0v) is 13.3. The Morgan fingerprint density at radius 3 is 2.86 bits per heavy atom. The lowest BCUT2D eigenvalue weighted by Gasteiger charge is -2.29. The van der Waals surface area contributed by atoms with Crippen molar-refractivity contribution < 1.29 is 4.92 Å². The Labute approximate surface area is 130 Å². The summed E-state index contributed by atoms with van der Waals surface area (Å²) in [7, 11) is 0. The number of nitro benzene ring substituents is 1. The normalized spacial score (nSPS) is 18.6. The van der Waals surface area contributed by atoms with E-state index < -0.39 is 0 Å². The minimum absolute atomic E-state index is 0.104. The number of nitrogens with one attached hydrogen (secondary N) is 1. The Balaban J connectivity index is 2.14. The van der Waals surface area contributed by atoms with E-state index in [1.807, 2.05) is 0 Å². The highest BCUT2D eigenvalue weighted by molar-refractivity contribution is 6.30. The summed E-state index contributed by atoms with van der Waals surface area (Å²) in [5.41, 5.74) is 0.823. The van der Waals surface area contributed by atoms with Crippen LogP contribution in [-0.2, 0) is 6.54 Å². The van der Waals surface area contributed by atoms with E-state index in [1.54, 1.807) is 12.1 Å². The van der Waals surface area contributed by atoms with E-state index in [4.69, 9.17) is 11.6 Å². The van der Waals surface area contributed by atoms with E-state index in [-0.39, 0.29) is 10.6 Å². The van der Waals surface area contributed by atoms with Crippen LogP contribution in [0.1, 0.15) is 32.3 Å². The van der Waals surface area contributed by atoms with Crippen molar-refractivity contribution in [2.45, 2.75) is 45.3 Å². The van der Waals surface area contributed by atoms with Gasteiger partial charge in [-0.2, -0.15) is 0 Å². The van der Waals surface area contributed by atoms with Gasteiger partial charge in [-0.25, -0.2) is 0 Å². The Hall–Kier alpha value is -1.17. The summed E-state index contributed by atoms with van der Waals surface area (Å²) in [6.45, 7) is 6.80. The van der Waals surface area contributed by atoms with Gasteiger partial charge in [0.2, 0.25) is 0 Å². The highest BCUT2D eigenvalue weighted by Gasteiger charge is 2.23. The molecule has 1 aromatic carbocycles. The number of rotatable bonds is 6. The largest absolute Gasteiger partial charge is 0.313 e. The monoisotopic (exact) mass is 311 g/mol. The van der Waals surface area contributed by atoms with Gasteiger partial charge in [-0.05, 0) is 45.4 Å². The number of benzene rings is 1. The first kappa shape index (κ1) is 16.2. The van der Waals surface area contributed by atoms with E-state index in [2.05, 4.69) is 24.1 Å². The Kier molecular flexibility index (Phi) is 5.56. The van der Waals surface area contributed by atoms with Crippen molar-refractivity contribution in [2.75, 3.05) is 13.1 Å². The maximum atomic E-state index is 11.2. The molecule has 1 heterocycles. The number of nitro groups is 1. The van der Waals surface area contributed by atoms with Crippen LogP contribution < -0.4 is 5.32 Å². The molecule has 0 aliphatic carbocycles. The van der Waals surface area contributed by atoms with Crippen molar-refractivity contribution in [3.63, 3.8) is 0 Å². The van der Waals surface area contributed by atoms with Crippen LogP contribution in [0, 0.1) is 10.1 Å². The molecule has 1 saturated heterocycles. The average molecular weight is 312 g/mol. The first-order chi connectivity index (χ1) is 9.97. The summed E-state index contributed by atoms with van der Waals surface area (Å²) >= 11 is 5.87. The molecule has 21 heavy (non-hydrogen) atoms. The molecule has 0 radical (unpaired) electrons. The molecule has 1 aliphatic rings. The van der Waals surface area contributed by atoms with Gasteiger partial charge in [-0.15, -0.1) is 0 Å². The van der Waals surface area contributed by atoms with Gasteiger partial charge in [0.15, 0.2) is 0 Å². The van der Waals surface area contributed by atoms with E-state index in [1.165, 1.54) is 18.9 Å². The highest BCUT2D eigenvalue weighted by Crippen LogP contribution is 2.25. The SMILES string of the molecule is CC(C)N(Cc1ccc(Cl)cc1[N+](=O)[O-])CC1CCCN1. The minimum atomic E-state index is -0.354. The van der Waals surface area contributed by atoms with Crippen LogP contribution >= 0.6 is 11.6 Å². The minimum Gasteiger partial charge on any atom is -0.313 e. The molecular formula is C15H22ClN3O2. The van der Waals surface area contributed by atoms with E-state index in [9.17, 15) is 10.1 Å². The first-order valence-corrected chi connectivity index (χ1v) is 7.75. The van der Waals surface area contributed by atoms with Crippen molar-refractivity contribution in [1.29, 1.82) is 0 Å². The van der Waals surface area contributed by atoms with Crippen LogP contribution in [0.3, 0.4) is 0 Å². The molecule has 0 spiro atoms. The van der Waals surface area contributed by atoms with Crippen molar-refractivity contribution >= 4 is 17.3 Å². The molecule has 5 nitrogen and oxygen atoms in total. The zero-order chi connectivity index (χ0) is 15.4. The molecule has 116 valence electrons. The molecule has 1 N–H and O–H groups in total.